The van der Waals surface area contributed by atoms with Crippen molar-refractivity contribution < 1.29 is 5.11 Å². The third kappa shape index (κ3) is 3.47. The van der Waals surface area contributed by atoms with Crippen molar-refractivity contribution in [1.29, 1.82) is 0 Å². The number of allylic oxidation sites excluding steroid dienone is 3. The third-order valence-corrected chi connectivity index (χ3v) is 0.751. The van der Waals surface area contributed by atoms with E-state index in [1.807, 2.05) is 19.9 Å². The zero-order valence-electron chi connectivity index (χ0n) is 5.39. The van der Waals surface area contributed by atoms with Crippen molar-refractivity contribution in [2.75, 3.05) is 0 Å². The van der Waals surface area contributed by atoms with Gasteiger partial charge in [-0.3, -0.25) is 0 Å². The van der Waals surface area contributed by atoms with Gasteiger partial charge in [0.1, 0.15) is 5.76 Å². The molecule has 0 aromatic heterocycles. The molecule has 1 N–H and O–H groups in total. The van der Waals surface area contributed by atoms with Gasteiger partial charge in [0, 0.05) is 0 Å². The van der Waals surface area contributed by atoms with Gasteiger partial charge < -0.3 is 5.11 Å². The molecule has 0 amide bonds. The average molecular weight is 112 g/mol. The molecule has 0 aliphatic carbocycles. The van der Waals surface area contributed by atoms with Crippen molar-refractivity contribution in [3.8, 4) is 0 Å². The van der Waals surface area contributed by atoms with E-state index in [0.717, 1.165) is 6.42 Å². The minimum atomic E-state index is 0.356. The molecule has 0 aliphatic heterocycles. The fraction of sp³-hybridized carbons (Fsp3) is 0.429. The average Bonchev–Trinajstić information content (AvgIpc) is 1.68. The molecule has 0 aliphatic rings. The minimum Gasteiger partial charge on any atom is -0.508 e. The van der Waals surface area contributed by atoms with E-state index in [2.05, 4.69) is 0 Å². The molecule has 0 atom stereocenters. The van der Waals surface area contributed by atoms with Gasteiger partial charge in [-0.1, -0.05) is 13.0 Å². The highest BCUT2D eigenvalue weighted by atomic mass is 16.3. The van der Waals surface area contributed by atoms with Crippen molar-refractivity contribution in [2.24, 2.45) is 0 Å². The summed E-state index contributed by atoms with van der Waals surface area (Å²) in [5, 5.41) is 8.82. The lowest BCUT2D eigenvalue weighted by Crippen LogP contribution is -1.70. The summed E-state index contributed by atoms with van der Waals surface area (Å²) in [7, 11) is 0. The van der Waals surface area contributed by atoms with E-state index >= 15 is 0 Å². The number of hydrogen-bond donors (Lipinski definition) is 1. The summed E-state index contributed by atoms with van der Waals surface area (Å²) in [4.78, 5) is 0. The van der Waals surface area contributed by atoms with Crippen LogP contribution in [0.15, 0.2) is 24.0 Å². The van der Waals surface area contributed by atoms with Crippen molar-refractivity contribution in [3.63, 3.8) is 0 Å². The molecule has 0 unspecified atom stereocenters. The van der Waals surface area contributed by atoms with Crippen LogP contribution in [0.2, 0.25) is 0 Å². The molecule has 0 saturated heterocycles. The van der Waals surface area contributed by atoms with Crippen LogP contribution in [0.1, 0.15) is 20.3 Å². The first-order valence-corrected chi connectivity index (χ1v) is 2.83. The van der Waals surface area contributed by atoms with Gasteiger partial charge in [-0.2, -0.15) is 0 Å². The number of aliphatic hydroxyl groups excluding tert-OH is 1. The molecule has 0 radical (unpaired) electrons. The van der Waals surface area contributed by atoms with Crippen LogP contribution in [-0.2, 0) is 0 Å². The second-order valence-electron chi connectivity index (χ2n) is 1.54. The third-order valence-electron chi connectivity index (χ3n) is 0.751. The Morgan fingerprint density at radius 1 is 1.62 bits per heavy atom. The first-order valence-electron chi connectivity index (χ1n) is 2.83. The Morgan fingerprint density at radius 2 is 2.25 bits per heavy atom. The van der Waals surface area contributed by atoms with Gasteiger partial charge in [-0.05, 0) is 25.5 Å². The van der Waals surface area contributed by atoms with E-state index in [4.69, 9.17) is 5.11 Å². The molecule has 46 valence electrons. The minimum absolute atomic E-state index is 0.356. The van der Waals surface area contributed by atoms with E-state index in [-0.39, 0.29) is 0 Å². The first kappa shape index (κ1) is 7.28. The maximum Gasteiger partial charge on any atom is 0.111 e. The van der Waals surface area contributed by atoms with Gasteiger partial charge in [-0.15, -0.1) is 0 Å². The van der Waals surface area contributed by atoms with E-state index < -0.39 is 0 Å². The zero-order valence-corrected chi connectivity index (χ0v) is 5.39. The molecule has 0 fully saturated rings. The molecular formula is C7H12O. The molecule has 0 aromatic rings. The summed E-state index contributed by atoms with van der Waals surface area (Å²) in [5.74, 6) is 0.356. The standard InChI is InChI=1S/C7H12O/c1-3-5-7(8)6-4-2/h3,5-6,8H,4H2,1-2H3/b5-3+,7-6-. The van der Waals surface area contributed by atoms with Crippen LogP contribution in [0, 0.1) is 0 Å². The Hall–Kier alpha value is -0.720. The molecule has 0 aromatic carbocycles. The molecule has 1 nitrogen and oxygen atoms in total. The normalized spacial score (nSPS) is 13.0. The van der Waals surface area contributed by atoms with Crippen molar-refractivity contribution >= 4 is 0 Å². The van der Waals surface area contributed by atoms with E-state index in [9.17, 15) is 0 Å². The lowest BCUT2D eigenvalue weighted by molar-refractivity contribution is 0.430. The maximum atomic E-state index is 8.82. The Balaban J connectivity index is 3.61. The highest BCUT2D eigenvalue weighted by Gasteiger charge is 1.77. The summed E-state index contributed by atoms with van der Waals surface area (Å²) in [5.41, 5.74) is 0. The summed E-state index contributed by atoms with van der Waals surface area (Å²) in [6, 6.07) is 0. The fourth-order valence-corrected chi connectivity index (χ4v) is 0.448. The van der Waals surface area contributed by atoms with Crippen LogP contribution in [0.4, 0.5) is 0 Å². The monoisotopic (exact) mass is 112 g/mol. The van der Waals surface area contributed by atoms with Gasteiger partial charge in [-0.25, -0.2) is 0 Å². The van der Waals surface area contributed by atoms with E-state index in [0.29, 0.717) is 5.76 Å². The first-order chi connectivity index (χ1) is 3.81. The van der Waals surface area contributed by atoms with Crippen molar-refractivity contribution in [1.82, 2.24) is 0 Å². The Bertz CT molecular complexity index is 101. The highest BCUT2D eigenvalue weighted by Crippen LogP contribution is 1.91. The lowest BCUT2D eigenvalue weighted by Gasteiger charge is -1.84. The zero-order chi connectivity index (χ0) is 6.41. The van der Waals surface area contributed by atoms with Crippen LogP contribution in [0.25, 0.3) is 0 Å². The van der Waals surface area contributed by atoms with Gasteiger partial charge >= 0.3 is 0 Å². The summed E-state index contributed by atoms with van der Waals surface area (Å²) >= 11 is 0. The van der Waals surface area contributed by atoms with E-state index in [1.165, 1.54) is 0 Å². The SMILES string of the molecule is C/C=C/C(O)=C/CC. The predicted molar refractivity (Wildman–Crippen MR) is 35.8 cm³/mol. The molecule has 0 rings (SSSR count). The number of aliphatic hydroxyl groups is 1. The summed E-state index contributed by atoms with van der Waals surface area (Å²) in [6.45, 7) is 3.86. The molecular weight excluding hydrogens is 100 g/mol. The Kier molecular flexibility index (Phi) is 4.04. The quantitative estimate of drug-likeness (QED) is 0.429. The second kappa shape index (κ2) is 4.44. The van der Waals surface area contributed by atoms with Crippen molar-refractivity contribution in [3.05, 3.63) is 24.0 Å². The van der Waals surface area contributed by atoms with E-state index in [1.54, 1.807) is 12.2 Å². The number of hydrogen-bond acceptors (Lipinski definition) is 1. The summed E-state index contributed by atoms with van der Waals surface area (Å²) < 4.78 is 0. The maximum absolute atomic E-state index is 8.82. The molecule has 0 bridgehead atoms. The van der Waals surface area contributed by atoms with Crippen LogP contribution in [-0.4, -0.2) is 5.11 Å². The molecule has 0 saturated carbocycles. The van der Waals surface area contributed by atoms with Crippen LogP contribution in [0.3, 0.4) is 0 Å². The predicted octanol–water partition coefficient (Wildman–Crippen LogP) is 2.41. The topological polar surface area (TPSA) is 20.2 Å². The molecule has 0 spiro atoms. The molecule has 1 heteroatoms. The second-order valence-corrected chi connectivity index (χ2v) is 1.54. The van der Waals surface area contributed by atoms with Crippen LogP contribution in [0.5, 0.6) is 0 Å². The van der Waals surface area contributed by atoms with Gasteiger partial charge in [0.2, 0.25) is 0 Å². The van der Waals surface area contributed by atoms with Gasteiger partial charge in [0.05, 0.1) is 0 Å². The smallest absolute Gasteiger partial charge is 0.111 e. The van der Waals surface area contributed by atoms with Crippen molar-refractivity contribution in [2.45, 2.75) is 20.3 Å². The van der Waals surface area contributed by atoms with Crippen LogP contribution < -0.4 is 0 Å². The Labute approximate surface area is 50.3 Å². The van der Waals surface area contributed by atoms with Gasteiger partial charge in [0.15, 0.2) is 0 Å². The van der Waals surface area contributed by atoms with Crippen LogP contribution >= 0.6 is 0 Å². The Morgan fingerprint density at radius 3 is 2.62 bits per heavy atom. The largest absolute Gasteiger partial charge is 0.508 e. The number of rotatable bonds is 2. The molecule has 0 heterocycles. The summed E-state index contributed by atoms with van der Waals surface area (Å²) in [6.07, 6.45) is 6.13. The van der Waals surface area contributed by atoms with Gasteiger partial charge in [0.25, 0.3) is 0 Å². The lowest BCUT2D eigenvalue weighted by atomic mass is 10.3. The molecule has 8 heavy (non-hydrogen) atoms. The highest BCUT2D eigenvalue weighted by molar-refractivity contribution is 5.08. The fourth-order valence-electron chi connectivity index (χ4n) is 0.448.